The Balaban J connectivity index is 2.30. The Morgan fingerprint density at radius 1 is 1.47 bits per heavy atom. The summed E-state index contributed by atoms with van der Waals surface area (Å²) in [5, 5.41) is 4.06. The molecular weight excluding hydrogens is 260 g/mol. The normalized spacial score (nSPS) is 24.6. The zero-order valence-electron chi connectivity index (χ0n) is 11.9. The molecule has 2 unspecified atom stereocenters. The highest BCUT2D eigenvalue weighted by Gasteiger charge is 2.32. The van der Waals surface area contributed by atoms with Crippen LogP contribution in [0.1, 0.15) is 24.1 Å². The standard InChI is InChI=1S/C15H23ClN2O/c1-4-18-7-8-19-14(10-17-3)15(18)12-6-5-11(2)13(16)9-12/h5-6,9,14-15,17H,4,7-8,10H2,1-3H3. The SMILES string of the molecule is CCN1CCOC(CNC)C1c1ccc(C)c(Cl)c1. The van der Waals surface area contributed by atoms with E-state index in [9.17, 15) is 0 Å². The first-order valence-electron chi connectivity index (χ1n) is 6.93. The molecule has 3 nitrogen and oxygen atoms in total. The van der Waals surface area contributed by atoms with Crippen molar-refractivity contribution in [2.75, 3.05) is 33.3 Å². The van der Waals surface area contributed by atoms with Crippen molar-refractivity contribution in [3.63, 3.8) is 0 Å². The molecule has 1 N–H and O–H groups in total. The minimum absolute atomic E-state index is 0.178. The van der Waals surface area contributed by atoms with Gasteiger partial charge in [-0.25, -0.2) is 0 Å². The van der Waals surface area contributed by atoms with Gasteiger partial charge in [0, 0.05) is 18.1 Å². The lowest BCUT2D eigenvalue weighted by Crippen LogP contribution is -2.48. The van der Waals surface area contributed by atoms with Gasteiger partial charge in [-0.1, -0.05) is 30.7 Å². The van der Waals surface area contributed by atoms with Gasteiger partial charge in [-0.15, -0.1) is 0 Å². The van der Waals surface area contributed by atoms with Crippen molar-refractivity contribution in [2.24, 2.45) is 0 Å². The summed E-state index contributed by atoms with van der Waals surface area (Å²) in [5.41, 5.74) is 2.37. The van der Waals surface area contributed by atoms with Crippen molar-refractivity contribution < 1.29 is 4.74 Å². The highest BCUT2D eigenvalue weighted by atomic mass is 35.5. The van der Waals surface area contributed by atoms with Gasteiger partial charge in [-0.05, 0) is 37.7 Å². The molecule has 1 aliphatic rings. The molecule has 2 rings (SSSR count). The highest BCUT2D eigenvalue weighted by Crippen LogP contribution is 2.31. The van der Waals surface area contributed by atoms with E-state index in [-0.39, 0.29) is 12.1 Å². The van der Waals surface area contributed by atoms with Crippen LogP contribution in [0.25, 0.3) is 0 Å². The summed E-state index contributed by atoms with van der Waals surface area (Å²) in [6.07, 6.45) is 0.178. The van der Waals surface area contributed by atoms with Gasteiger partial charge >= 0.3 is 0 Å². The van der Waals surface area contributed by atoms with Crippen LogP contribution < -0.4 is 5.32 Å². The molecule has 106 valence electrons. The smallest absolute Gasteiger partial charge is 0.0896 e. The van der Waals surface area contributed by atoms with Gasteiger partial charge in [-0.2, -0.15) is 0 Å². The Labute approximate surface area is 120 Å². The Morgan fingerprint density at radius 3 is 2.89 bits per heavy atom. The second kappa shape index (κ2) is 6.71. The maximum absolute atomic E-state index is 6.27. The molecule has 1 aromatic rings. The van der Waals surface area contributed by atoms with Crippen LogP contribution in [0.15, 0.2) is 18.2 Å². The molecule has 1 aromatic carbocycles. The number of aryl methyl sites for hydroxylation is 1. The minimum atomic E-state index is 0.178. The molecule has 0 amide bonds. The Bertz CT molecular complexity index is 423. The van der Waals surface area contributed by atoms with Gasteiger partial charge in [0.25, 0.3) is 0 Å². The first-order valence-corrected chi connectivity index (χ1v) is 7.31. The predicted molar refractivity (Wildman–Crippen MR) is 79.8 cm³/mol. The summed E-state index contributed by atoms with van der Waals surface area (Å²) >= 11 is 6.27. The maximum atomic E-state index is 6.27. The zero-order valence-corrected chi connectivity index (χ0v) is 12.7. The molecule has 0 saturated carbocycles. The lowest BCUT2D eigenvalue weighted by atomic mass is 9.97. The number of halogens is 1. The minimum Gasteiger partial charge on any atom is -0.374 e. The summed E-state index contributed by atoms with van der Waals surface area (Å²) < 4.78 is 5.94. The summed E-state index contributed by atoms with van der Waals surface area (Å²) in [4.78, 5) is 2.46. The van der Waals surface area contributed by atoms with Crippen LogP contribution in [0.5, 0.6) is 0 Å². The number of hydrogen-bond acceptors (Lipinski definition) is 3. The fourth-order valence-corrected chi connectivity index (χ4v) is 2.92. The second-order valence-electron chi connectivity index (χ2n) is 5.05. The molecule has 1 aliphatic heterocycles. The molecule has 0 aliphatic carbocycles. The Kier molecular flexibility index (Phi) is 5.22. The third-order valence-corrected chi connectivity index (χ3v) is 4.21. The Hall–Kier alpha value is -0.610. The van der Waals surface area contributed by atoms with Crippen molar-refractivity contribution in [3.8, 4) is 0 Å². The first kappa shape index (κ1) is 14.8. The first-order chi connectivity index (χ1) is 9.17. The van der Waals surface area contributed by atoms with Gasteiger partial charge in [-0.3, -0.25) is 4.90 Å². The van der Waals surface area contributed by atoms with E-state index >= 15 is 0 Å². The van der Waals surface area contributed by atoms with Crippen LogP contribution in [0.4, 0.5) is 0 Å². The number of nitrogens with zero attached hydrogens (tertiary/aromatic N) is 1. The Morgan fingerprint density at radius 2 is 2.26 bits per heavy atom. The van der Waals surface area contributed by atoms with Gasteiger partial charge in [0.05, 0.1) is 18.8 Å². The van der Waals surface area contributed by atoms with E-state index < -0.39 is 0 Å². The van der Waals surface area contributed by atoms with E-state index in [1.54, 1.807) is 0 Å². The van der Waals surface area contributed by atoms with Crippen molar-refractivity contribution in [1.29, 1.82) is 0 Å². The van der Waals surface area contributed by atoms with Crippen molar-refractivity contribution >= 4 is 11.6 Å². The van der Waals surface area contributed by atoms with Crippen LogP contribution in [0.3, 0.4) is 0 Å². The lowest BCUT2D eigenvalue weighted by Gasteiger charge is -2.41. The molecule has 0 bridgehead atoms. The second-order valence-corrected chi connectivity index (χ2v) is 5.46. The third-order valence-electron chi connectivity index (χ3n) is 3.80. The number of rotatable bonds is 4. The maximum Gasteiger partial charge on any atom is 0.0896 e. The average Bonchev–Trinajstić information content (AvgIpc) is 2.42. The molecule has 1 heterocycles. The number of nitrogens with one attached hydrogen (secondary N) is 1. The molecule has 4 heteroatoms. The van der Waals surface area contributed by atoms with E-state index in [1.807, 2.05) is 14.0 Å². The quantitative estimate of drug-likeness (QED) is 0.919. The topological polar surface area (TPSA) is 24.5 Å². The average molecular weight is 283 g/mol. The van der Waals surface area contributed by atoms with Gasteiger partial charge in [0.1, 0.15) is 0 Å². The van der Waals surface area contributed by atoms with Gasteiger partial charge in [0.2, 0.25) is 0 Å². The fraction of sp³-hybridized carbons (Fsp3) is 0.600. The largest absolute Gasteiger partial charge is 0.374 e. The molecule has 1 saturated heterocycles. The van der Waals surface area contributed by atoms with Crippen LogP contribution in [-0.2, 0) is 4.74 Å². The summed E-state index contributed by atoms with van der Waals surface area (Å²) in [6.45, 7) is 7.90. The number of likely N-dealkylation sites (N-methyl/N-ethyl adjacent to an activating group) is 2. The van der Waals surface area contributed by atoms with Gasteiger partial charge in [0.15, 0.2) is 0 Å². The molecule has 0 spiro atoms. The third kappa shape index (κ3) is 3.29. The van der Waals surface area contributed by atoms with Crippen molar-refractivity contribution in [2.45, 2.75) is 26.0 Å². The molecule has 2 atom stereocenters. The molecular formula is C15H23ClN2O. The number of benzene rings is 1. The molecule has 19 heavy (non-hydrogen) atoms. The number of morpholine rings is 1. The van der Waals surface area contributed by atoms with E-state index in [0.717, 1.165) is 36.8 Å². The molecule has 1 fully saturated rings. The predicted octanol–water partition coefficient (Wildman–Crippen LogP) is 2.63. The highest BCUT2D eigenvalue weighted by molar-refractivity contribution is 6.31. The van der Waals surface area contributed by atoms with E-state index in [4.69, 9.17) is 16.3 Å². The van der Waals surface area contributed by atoms with Crippen molar-refractivity contribution in [3.05, 3.63) is 34.3 Å². The summed E-state index contributed by atoms with van der Waals surface area (Å²) in [7, 11) is 1.97. The lowest BCUT2D eigenvalue weighted by molar-refractivity contribution is -0.0686. The molecule has 0 radical (unpaired) electrons. The van der Waals surface area contributed by atoms with E-state index in [2.05, 4.69) is 35.3 Å². The fourth-order valence-electron chi connectivity index (χ4n) is 2.73. The number of hydrogen-bond donors (Lipinski definition) is 1. The molecule has 0 aromatic heterocycles. The number of ether oxygens (including phenoxy) is 1. The van der Waals surface area contributed by atoms with Crippen LogP contribution in [-0.4, -0.2) is 44.3 Å². The van der Waals surface area contributed by atoms with E-state index in [1.165, 1.54) is 5.56 Å². The summed E-state index contributed by atoms with van der Waals surface area (Å²) in [6, 6.07) is 6.63. The zero-order chi connectivity index (χ0) is 13.8. The van der Waals surface area contributed by atoms with Crippen LogP contribution in [0.2, 0.25) is 5.02 Å². The van der Waals surface area contributed by atoms with Gasteiger partial charge < -0.3 is 10.1 Å². The van der Waals surface area contributed by atoms with Crippen LogP contribution in [0, 0.1) is 6.92 Å². The van der Waals surface area contributed by atoms with Crippen molar-refractivity contribution in [1.82, 2.24) is 10.2 Å². The summed E-state index contributed by atoms with van der Waals surface area (Å²) in [5.74, 6) is 0. The van der Waals surface area contributed by atoms with E-state index in [0.29, 0.717) is 0 Å². The van der Waals surface area contributed by atoms with Crippen LogP contribution >= 0.6 is 11.6 Å². The monoisotopic (exact) mass is 282 g/mol.